The van der Waals surface area contributed by atoms with Gasteiger partial charge in [-0.3, -0.25) is 9.59 Å². The Hall–Kier alpha value is -0.580. The van der Waals surface area contributed by atoms with Crippen molar-refractivity contribution in [3.05, 3.63) is 0 Å². The van der Waals surface area contributed by atoms with Crippen LogP contribution in [0.5, 0.6) is 0 Å². The highest BCUT2D eigenvalue weighted by molar-refractivity contribution is 9.09. The quantitative estimate of drug-likeness (QED) is 0.729. The monoisotopic (exact) mass is 356 g/mol. The SMILES string of the molecule is O=C1C2CCCCN2C(=O)CN1CC1(CBr)CCCCC1. The number of alkyl halides is 1. The number of hydrogen-bond acceptors (Lipinski definition) is 2. The highest BCUT2D eigenvalue weighted by Crippen LogP contribution is 2.39. The van der Waals surface area contributed by atoms with Crippen molar-refractivity contribution in [2.75, 3.05) is 25.0 Å². The van der Waals surface area contributed by atoms with Crippen molar-refractivity contribution in [3.8, 4) is 0 Å². The van der Waals surface area contributed by atoms with Gasteiger partial charge in [-0.2, -0.15) is 0 Å². The molecule has 118 valence electrons. The summed E-state index contributed by atoms with van der Waals surface area (Å²) in [7, 11) is 0. The molecule has 0 spiro atoms. The fourth-order valence-corrected chi connectivity index (χ4v) is 4.94. The number of carbonyl (C=O) groups excluding carboxylic acids is 2. The van der Waals surface area contributed by atoms with Gasteiger partial charge in [-0.25, -0.2) is 0 Å². The van der Waals surface area contributed by atoms with Crippen LogP contribution in [-0.2, 0) is 9.59 Å². The number of halogens is 1. The number of piperazine rings is 1. The number of piperidine rings is 1. The molecule has 0 aromatic carbocycles. The number of hydrogen-bond donors (Lipinski definition) is 0. The second-order valence-corrected chi connectivity index (χ2v) is 7.55. The molecular weight excluding hydrogens is 332 g/mol. The van der Waals surface area contributed by atoms with Crippen molar-refractivity contribution in [1.29, 1.82) is 0 Å². The summed E-state index contributed by atoms with van der Waals surface area (Å²) < 4.78 is 0. The van der Waals surface area contributed by atoms with Gasteiger partial charge in [0.1, 0.15) is 6.04 Å². The molecule has 2 heterocycles. The van der Waals surface area contributed by atoms with Crippen LogP contribution in [-0.4, -0.2) is 52.6 Å². The molecule has 2 saturated heterocycles. The molecule has 21 heavy (non-hydrogen) atoms. The average Bonchev–Trinajstić information content (AvgIpc) is 2.53. The van der Waals surface area contributed by atoms with Crippen LogP contribution in [0.2, 0.25) is 0 Å². The zero-order valence-corrected chi connectivity index (χ0v) is 14.2. The summed E-state index contributed by atoms with van der Waals surface area (Å²) in [6.45, 7) is 1.82. The maximum atomic E-state index is 12.8. The minimum atomic E-state index is -0.170. The number of nitrogens with zero attached hydrogens (tertiary/aromatic N) is 2. The average molecular weight is 357 g/mol. The number of amides is 2. The summed E-state index contributed by atoms with van der Waals surface area (Å²) in [6, 6.07) is -0.170. The Morgan fingerprint density at radius 2 is 1.86 bits per heavy atom. The smallest absolute Gasteiger partial charge is 0.245 e. The molecular formula is C16H25BrN2O2. The van der Waals surface area contributed by atoms with Gasteiger partial charge in [0.25, 0.3) is 0 Å². The van der Waals surface area contributed by atoms with Gasteiger partial charge < -0.3 is 9.80 Å². The van der Waals surface area contributed by atoms with Gasteiger partial charge >= 0.3 is 0 Å². The van der Waals surface area contributed by atoms with Gasteiger partial charge in [-0.05, 0) is 37.5 Å². The van der Waals surface area contributed by atoms with Crippen LogP contribution in [0.1, 0.15) is 51.4 Å². The summed E-state index contributed by atoms with van der Waals surface area (Å²) in [6.07, 6.45) is 9.10. The number of fused-ring (bicyclic) bond motifs is 1. The highest BCUT2D eigenvalue weighted by Gasteiger charge is 2.43. The van der Waals surface area contributed by atoms with Crippen LogP contribution in [0.25, 0.3) is 0 Å². The van der Waals surface area contributed by atoms with Crippen LogP contribution in [0, 0.1) is 5.41 Å². The summed E-state index contributed by atoms with van der Waals surface area (Å²) in [4.78, 5) is 28.8. The molecule has 3 aliphatic rings. The molecule has 1 saturated carbocycles. The Kier molecular flexibility index (Phi) is 4.57. The zero-order chi connectivity index (χ0) is 14.9. The van der Waals surface area contributed by atoms with Gasteiger partial charge in [0.15, 0.2) is 0 Å². The summed E-state index contributed by atoms with van der Waals surface area (Å²) in [5.74, 6) is 0.347. The van der Waals surface area contributed by atoms with Crippen molar-refractivity contribution >= 4 is 27.7 Å². The Balaban J connectivity index is 1.72. The van der Waals surface area contributed by atoms with Crippen molar-refractivity contribution in [2.24, 2.45) is 5.41 Å². The van der Waals surface area contributed by atoms with E-state index in [1.54, 1.807) is 0 Å². The fourth-order valence-electron chi connectivity index (χ4n) is 4.20. The summed E-state index contributed by atoms with van der Waals surface area (Å²) >= 11 is 3.67. The topological polar surface area (TPSA) is 40.6 Å². The second-order valence-electron chi connectivity index (χ2n) is 6.99. The summed E-state index contributed by atoms with van der Waals surface area (Å²) in [5.41, 5.74) is 0.186. The first-order valence-corrected chi connectivity index (χ1v) is 9.42. The van der Waals surface area contributed by atoms with Crippen molar-refractivity contribution in [3.63, 3.8) is 0 Å². The molecule has 0 N–H and O–H groups in total. The lowest BCUT2D eigenvalue weighted by Crippen LogP contribution is -2.62. The molecule has 2 amide bonds. The minimum absolute atomic E-state index is 0.153. The fraction of sp³-hybridized carbons (Fsp3) is 0.875. The Morgan fingerprint density at radius 1 is 1.10 bits per heavy atom. The van der Waals surface area contributed by atoms with E-state index >= 15 is 0 Å². The molecule has 2 aliphatic heterocycles. The molecule has 3 rings (SSSR count). The lowest BCUT2D eigenvalue weighted by atomic mass is 9.75. The van der Waals surface area contributed by atoms with Crippen LogP contribution < -0.4 is 0 Å². The second kappa shape index (κ2) is 6.27. The zero-order valence-electron chi connectivity index (χ0n) is 12.7. The third-order valence-corrected chi connectivity index (χ3v) is 6.66. The largest absolute Gasteiger partial charge is 0.331 e. The lowest BCUT2D eigenvalue weighted by molar-refractivity contribution is -0.159. The van der Waals surface area contributed by atoms with Crippen molar-refractivity contribution in [1.82, 2.24) is 9.80 Å². The number of rotatable bonds is 3. The van der Waals surface area contributed by atoms with Gasteiger partial charge in [0.05, 0.1) is 6.54 Å². The van der Waals surface area contributed by atoms with E-state index in [0.29, 0.717) is 6.54 Å². The highest BCUT2D eigenvalue weighted by atomic mass is 79.9. The van der Waals surface area contributed by atoms with Crippen molar-refractivity contribution in [2.45, 2.75) is 57.4 Å². The van der Waals surface area contributed by atoms with E-state index < -0.39 is 0 Å². The number of carbonyl (C=O) groups is 2. The summed E-state index contributed by atoms with van der Waals surface area (Å²) in [5, 5.41) is 0.937. The van der Waals surface area contributed by atoms with E-state index in [9.17, 15) is 9.59 Å². The molecule has 1 aliphatic carbocycles. The van der Waals surface area contributed by atoms with Crippen LogP contribution in [0.15, 0.2) is 0 Å². The molecule has 4 nitrogen and oxygen atoms in total. The predicted molar refractivity (Wildman–Crippen MR) is 85.2 cm³/mol. The minimum Gasteiger partial charge on any atom is -0.331 e. The van der Waals surface area contributed by atoms with Gasteiger partial charge in [0, 0.05) is 18.4 Å². The lowest BCUT2D eigenvalue weighted by Gasteiger charge is -2.46. The molecule has 0 bridgehead atoms. The van der Waals surface area contributed by atoms with E-state index in [-0.39, 0.29) is 23.3 Å². The molecule has 1 atom stereocenters. The molecule has 5 heteroatoms. The molecule has 0 radical (unpaired) electrons. The van der Waals surface area contributed by atoms with E-state index in [0.717, 1.165) is 37.7 Å². The third-order valence-electron chi connectivity index (χ3n) is 5.47. The first-order chi connectivity index (χ1) is 10.2. The Labute approximate surface area is 135 Å². The van der Waals surface area contributed by atoms with E-state index in [1.165, 1.54) is 32.1 Å². The van der Waals surface area contributed by atoms with Gasteiger partial charge in [-0.15, -0.1) is 0 Å². The maximum absolute atomic E-state index is 12.8. The molecule has 0 aromatic heterocycles. The predicted octanol–water partition coefficient (Wildman–Crippen LogP) is 2.56. The molecule has 3 fully saturated rings. The van der Waals surface area contributed by atoms with Gasteiger partial charge in [0.2, 0.25) is 11.8 Å². The van der Waals surface area contributed by atoms with E-state index in [1.807, 2.05) is 9.80 Å². The Bertz CT molecular complexity index is 421. The van der Waals surface area contributed by atoms with E-state index in [4.69, 9.17) is 0 Å². The third kappa shape index (κ3) is 2.99. The van der Waals surface area contributed by atoms with Crippen LogP contribution >= 0.6 is 15.9 Å². The molecule has 0 aromatic rings. The van der Waals surface area contributed by atoms with Crippen LogP contribution in [0.4, 0.5) is 0 Å². The van der Waals surface area contributed by atoms with Gasteiger partial charge in [-0.1, -0.05) is 35.2 Å². The van der Waals surface area contributed by atoms with Crippen molar-refractivity contribution < 1.29 is 9.59 Å². The molecule has 1 unspecified atom stereocenters. The first kappa shape index (κ1) is 15.3. The first-order valence-electron chi connectivity index (χ1n) is 8.29. The maximum Gasteiger partial charge on any atom is 0.245 e. The van der Waals surface area contributed by atoms with Crippen LogP contribution in [0.3, 0.4) is 0 Å². The normalized spacial score (nSPS) is 29.5. The standard InChI is InChI=1S/C16H25BrN2O2/c17-11-16(7-3-1-4-8-16)12-18-10-14(20)19-9-5-2-6-13(19)15(18)21/h13H,1-12H2. The van der Waals surface area contributed by atoms with E-state index in [2.05, 4.69) is 15.9 Å². The Morgan fingerprint density at radius 3 is 2.57 bits per heavy atom.